The van der Waals surface area contributed by atoms with E-state index in [1.807, 2.05) is 5.48 Å². The van der Waals surface area contributed by atoms with E-state index in [1.165, 1.54) is 6.07 Å². The molecule has 3 N–H and O–H groups in total. The van der Waals surface area contributed by atoms with Gasteiger partial charge in [0.1, 0.15) is 12.6 Å². The summed E-state index contributed by atoms with van der Waals surface area (Å²) in [6.45, 7) is 1.41. The van der Waals surface area contributed by atoms with Gasteiger partial charge in [-0.05, 0) is 24.6 Å². The molecule has 1 heterocycles. The standard InChI is InChI=1S/C11H11BrN2O6S/c1-5-7(11(16)17)2-6(3-8(5)12)21(18,19)14-9-4-20-13-10(9)15/h2-3,9,14H,4H2,1H3,(H,13,15)(H,16,17)/t9-/m1/s1. The van der Waals surface area contributed by atoms with Crippen molar-refractivity contribution in [1.29, 1.82) is 0 Å². The summed E-state index contributed by atoms with van der Waals surface area (Å²) in [6, 6.07) is 1.26. The van der Waals surface area contributed by atoms with Gasteiger partial charge in [0.15, 0.2) is 0 Å². The van der Waals surface area contributed by atoms with E-state index in [-0.39, 0.29) is 17.1 Å². The molecule has 0 radical (unpaired) electrons. The van der Waals surface area contributed by atoms with Gasteiger partial charge >= 0.3 is 5.97 Å². The summed E-state index contributed by atoms with van der Waals surface area (Å²) in [5.74, 6) is -1.85. The molecule has 0 unspecified atom stereocenters. The molecule has 0 aromatic heterocycles. The average Bonchev–Trinajstić information content (AvgIpc) is 2.77. The molecule has 10 heteroatoms. The third-order valence-corrected chi connectivity index (χ3v) is 5.17. The van der Waals surface area contributed by atoms with Gasteiger partial charge in [-0.1, -0.05) is 15.9 Å². The summed E-state index contributed by atoms with van der Waals surface area (Å²) >= 11 is 3.12. The molecule has 0 saturated carbocycles. The molecule has 21 heavy (non-hydrogen) atoms. The number of aromatic carboxylic acids is 1. The maximum Gasteiger partial charge on any atom is 0.336 e. The molecule has 1 atom stereocenters. The Hall–Kier alpha value is -1.49. The lowest BCUT2D eigenvalue weighted by Gasteiger charge is -2.12. The van der Waals surface area contributed by atoms with E-state index in [2.05, 4.69) is 25.5 Å². The summed E-state index contributed by atoms with van der Waals surface area (Å²) in [5.41, 5.74) is 2.29. The second-order valence-corrected chi connectivity index (χ2v) is 6.90. The molecule has 8 nitrogen and oxygen atoms in total. The van der Waals surface area contributed by atoms with Crippen LogP contribution in [0.1, 0.15) is 15.9 Å². The van der Waals surface area contributed by atoms with E-state index in [0.29, 0.717) is 10.0 Å². The van der Waals surface area contributed by atoms with Crippen LogP contribution in [-0.2, 0) is 19.7 Å². The first kappa shape index (κ1) is 15.9. The number of hydroxylamine groups is 1. The van der Waals surface area contributed by atoms with Crippen LogP contribution < -0.4 is 10.2 Å². The van der Waals surface area contributed by atoms with Crippen LogP contribution in [0.15, 0.2) is 21.5 Å². The quantitative estimate of drug-likeness (QED) is 0.686. The van der Waals surface area contributed by atoms with Gasteiger partial charge in [-0.15, -0.1) is 0 Å². The minimum atomic E-state index is -4.06. The molecule has 0 aliphatic carbocycles. The first-order chi connectivity index (χ1) is 9.72. The third kappa shape index (κ3) is 3.23. The summed E-state index contributed by atoms with van der Waals surface area (Å²) in [5, 5.41) is 9.09. The molecule has 114 valence electrons. The van der Waals surface area contributed by atoms with E-state index >= 15 is 0 Å². The molecular weight excluding hydrogens is 368 g/mol. The maximum atomic E-state index is 12.2. The maximum absolute atomic E-state index is 12.2. The fraction of sp³-hybridized carbons (Fsp3) is 0.273. The number of sulfonamides is 1. The van der Waals surface area contributed by atoms with Crippen LogP contribution in [0.5, 0.6) is 0 Å². The number of nitrogens with one attached hydrogen (secondary N) is 2. The van der Waals surface area contributed by atoms with Crippen molar-refractivity contribution >= 4 is 37.8 Å². The zero-order valence-corrected chi connectivity index (χ0v) is 13.1. The molecule has 1 aliphatic rings. The van der Waals surface area contributed by atoms with E-state index in [9.17, 15) is 18.0 Å². The van der Waals surface area contributed by atoms with Gasteiger partial charge in [-0.3, -0.25) is 9.63 Å². The minimum absolute atomic E-state index is 0.142. The lowest BCUT2D eigenvalue weighted by Crippen LogP contribution is -2.41. The third-order valence-electron chi connectivity index (χ3n) is 2.90. The predicted octanol–water partition coefficient (Wildman–Crippen LogP) is 0.164. The molecule has 0 bridgehead atoms. The summed E-state index contributed by atoms with van der Waals surface area (Å²) in [7, 11) is -4.06. The SMILES string of the molecule is Cc1c(Br)cc(S(=O)(=O)N[C@@H]2CONC2=O)cc1C(=O)O. The summed E-state index contributed by atoms with van der Waals surface area (Å²) in [4.78, 5) is 26.8. The molecule has 1 aliphatic heterocycles. The first-order valence-corrected chi connectivity index (χ1v) is 7.97. The van der Waals surface area contributed by atoms with Gasteiger partial charge in [0.05, 0.1) is 10.5 Å². The summed E-state index contributed by atoms with van der Waals surface area (Å²) in [6.07, 6.45) is 0. The van der Waals surface area contributed by atoms with Gasteiger partial charge in [-0.2, -0.15) is 4.72 Å². The number of benzene rings is 1. The first-order valence-electron chi connectivity index (χ1n) is 5.70. The van der Waals surface area contributed by atoms with E-state index in [1.54, 1.807) is 6.92 Å². The van der Waals surface area contributed by atoms with Crippen molar-refractivity contribution in [3.63, 3.8) is 0 Å². The van der Waals surface area contributed by atoms with E-state index < -0.39 is 27.9 Å². The molecule has 1 aromatic carbocycles. The molecule has 1 saturated heterocycles. The Kier molecular flexibility index (Phi) is 4.33. The highest BCUT2D eigenvalue weighted by Crippen LogP contribution is 2.25. The number of carbonyl (C=O) groups excluding carboxylic acids is 1. The fourth-order valence-electron chi connectivity index (χ4n) is 1.72. The van der Waals surface area contributed by atoms with Crippen LogP contribution >= 0.6 is 15.9 Å². The molecule has 0 spiro atoms. The second kappa shape index (κ2) is 5.72. The van der Waals surface area contributed by atoms with Crippen molar-refractivity contribution < 1.29 is 28.0 Å². The molecular formula is C11H11BrN2O6S. The number of amides is 1. The Morgan fingerprint density at radius 2 is 2.19 bits per heavy atom. The number of hydrogen-bond donors (Lipinski definition) is 3. The number of carboxylic acids is 1. The summed E-state index contributed by atoms with van der Waals surface area (Å²) < 4.78 is 26.9. The van der Waals surface area contributed by atoms with Crippen molar-refractivity contribution in [1.82, 2.24) is 10.2 Å². The van der Waals surface area contributed by atoms with Gasteiger partial charge in [0.2, 0.25) is 10.0 Å². The fourth-order valence-corrected chi connectivity index (χ4v) is 3.56. The molecule has 2 rings (SSSR count). The number of hydrogen-bond acceptors (Lipinski definition) is 5. The number of rotatable bonds is 4. The smallest absolute Gasteiger partial charge is 0.336 e. The monoisotopic (exact) mass is 378 g/mol. The Morgan fingerprint density at radius 1 is 1.52 bits per heavy atom. The van der Waals surface area contributed by atoms with Crippen LogP contribution in [0.4, 0.5) is 0 Å². The molecule has 1 fully saturated rings. The Bertz CT molecular complexity index is 718. The highest BCUT2D eigenvalue weighted by atomic mass is 79.9. The minimum Gasteiger partial charge on any atom is -0.478 e. The zero-order chi connectivity index (χ0) is 15.8. The van der Waals surface area contributed by atoms with Crippen LogP contribution in [-0.4, -0.2) is 38.0 Å². The number of carboxylic acid groups (broad SMARTS) is 1. The van der Waals surface area contributed by atoms with Gasteiger partial charge in [-0.25, -0.2) is 18.7 Å². The lowest BCUT2D eigenvalue weighted by atomic mass is 10.1. The Labute approximate surface area is 128 Å². The van der Waals surface area contributed by atoms with Crippen molar-refractivity contribution in [2.45, 2.75) is 17.9 Å². The largest absolute Gasteiger partial charge is 0.478 e. The van der Waals surface area contributed by atoms with Crippen molar-refractivity contribution in [2.75, 3.05) is 6.61 Å². The van der Waals surface area contributed by atoms with E-state index in [0.717, 1.165) is 6.07 Å². The number of halogens is 1. The average molecular weight is 379 g/mol. The van der Waals surface area contributed by atoms with Crippen LogP contribution in [0, 0.1) is 6.92 Å². The second-order valence-electron chi connectivity index (χ2n) is 4.33. The predicted molar refractivity (Wildman–Crippen MR) is 74.0 cm³/mol. The highest BCUT2D eigenvalue weighted by Gasteiger charge is 2.31. The van der Waals surface area contributed by atoms with E-state index in [4.69, 9.17) is 5.11 Å². The van der Waals surface area contributed by atoms with Gasteiger partial charge in [0, 0.05) is 4.47 Å². The molecule has 1 amide bonds. The topological polar surface area (TPSA) is 122 Å². The normalized spacial score (nSPS) is 18.6. The Morgan fingerprint density at radius 3 is 2.71 bits per heavy atom. The molecule has 1 aromatic rings. The van der Waals surface area contributed by atoms with Crippen molar-refractivity contribution in [2.24, 2.45) is 0 Å². The van der Waals surface area contributed by atoms with Crippen molar-refractivity contribution in [3.05, 3.63) is 27.7 Å². The lowest BCUT2D eigenvalue weighted by molar-refractivity contribution is -0.124. The van der Waals surface area contributed by atoms with Crippen LogP contribution in [0.2, 0.25) is 0 Å². The number of carbonyl (C=O) groups is 2. The van der Waals surface area contributed by atoms with Crippen LogP contribution in [0.3, 0.4) is 0 Å². The highest BCUT2D eigenvalue weighted by molar-refractivity contribution is 9.10. The van der Waals surface area contributed by atoms with Crippen molar-refractivity contribution in [3.8, 4) is 0 Å². The van der Waals surface area contributed by atoms with Gasteiger partial charge < -0.3 is 5.11 Å². The Balaban J connectivity index is 2.40. The zero-order valence-electron chi connectivity index (χ0n) is 10.7. The van der Waals surface area contributed by atoms with Gasteiger partial charge in [0.25, 0.3) is 5.91 Å². The van der Waals surface area contributed by atoms with Crippen LogP contribution in [0.25, 0.3) is 0 Å².